The number of halogens is 1. The Bertz CT molecular complexity index is 1390. The number of hydrogen-bond donors (Lipinski definition) is 0. The average Bonchev–Trinajstić information content (AvgIpc) is 3.11. The Kier molecular flexibility index (Phi) is 3.07. The van der Waals surface area contributed by atoms with Crippen molar-refractivity contribution in [2.75, 3.05) is 0 Å². The quantitative estimate of drug-likeness (QED) is 0.318. The first-order valence-electron chi connectivity index (χ1n) is 10.1. The third-order valence-corrected chi connectivity index (χ3v) is 5.93. The largest absolute Gasteiger partial charge is 0.256 e. The van der Waals surface area contributed by atoms with Crippen molar-refractivity contribution in [3.63, 3.8) is 0 Å². The molecular weight excluding hydrogens is 353 g/mol. The highest BCUT2D eigenvalue weighted by Crippen LogP contribution is 2.40. The van der Waals surface area contributed by atoms with Crippen LogP contribution < -0.4 is 0 Å². The van der Waals surface area contributed by atoms with Gasteiger partial charge in [0.2, 0.25) is 0 Å². The molecule has 0 saturated heterocycles. The smallest absolute Gasteiger partial charge is 0.124 e. The predicted molar refractivity (Wildman–Crippen MR) is 113 cm³/mol. The second-order valence-electron chi connectivity index (χ2n) is 6.41. The molecule has 1 nitrogen and oxygen atoms in total. The van der Waals surface area contributed by atoms with Crippen molar-refractivity contribution in [1.29, 1.82) is 0 Å². The van der Waals surface area contributed by atoms with E-state index in [0.717, 1.165) is 31.3 Å². The maximum atomic E-state index is 13.7. The Hall–Kier alpha value is -3.04. The highest BCUT2D eigenvalue weighted by atomic mass is 32.1. The van der Waals surface area contributed by atoms with E-state index in [1.165, 1.54) is 23.5 Å². The summed E-state index contributed by atoms with van der Waals surface area (Å²) < 4.78 is 39.7. The van der Waals surface area contributed by atoms with Crippen LogP contribution in [0.1, 0.15) is 9.68 Å². The van der Waals surface area contributed by atoms with Gasteiger partial charge in [-0.1, -0.05) is 54.6 Å². The third kappa shape index (κ3) is 2.71. The molecule has 0 saturated carbocycles. The molecule has 5 aromatic rings. The maximum absolute atomic E-state index is 13.7. The van der Waals surface area contributed by atoms with E-state index in [2.05, 4.69) is 4.98 Å². The molecule has 2 heterocycles. The normalized spacial score (nSPS) is 13.4. The molecule has 2 aromatic heterocycles. The average molecular weight is 372 g/mol. The van der Waals surface area contributed by atoms with E-state index >= 15 is 0 Å². The van der Waals surface area contributed by atoms with Gasteiger partial charge in [0, 0.05) is 41.6 Å². The van der Waals surface area contributed by atoms with Crippen molar-refractivity contribution in [3.05, 3.63) is 90.4 Å². The fourth-order valence-corrected chi connectivity index (χ4v) is 4.67. The van der Waals surface area contributed by atoms with Gasteiger partial charge in [-0.15, -0.1) is 11.3 Å². The molecule has 0 unspecified atom stereocenters. The third-order valence-electron chi connectivity index (χ3n) is 4.73. The fraction of sp³-hybridized carbons (Fsp3) is 0.0417. The summed E-state index contributed by atoms with van der Waals surface area (Å²) in [7, 11) is 0. The lowest BCUT2D eigenvalue weighted by molar-refractivity contribution is 0.630. The Balaban J connectivity index is 1.75. The van der Waals surface area contributed by atoms with E-state index < -0.39 is 6.85 Å². The van der Waals surface area contributed by atoms with Gasteiger partial charge in [-0.25, -0.2) is 4.39 Å². The number of aromatic nitrogens is 1. The summed E-state index contributed by atoms with van der Waals surface area (Å²) in [4.78, 5) is 4.62. The molecular formula is C24H16FNS. The predicted octanol–water partition coefficient (Wildman–Crippen LogP) is 7.23. The summed E-state index contributed by atoms with van der Waals surface area (Å²) in [5.74, 6) is -0.273. The lowest BCUT2D eigenvalue weighted by atomic mass is 10.00. The molecule has 0 aliphatic rings. The van der Waals surface area contributed by atoms with Crippen LogP contribution in [0, 0.1) is 12.7 Å². The van der Waals surface area contributed by atoms with Crippen molar-refractivity contribution in [1.82, 2.24) is 4.98 Å². The van der Waals surface area contributed by atoms with Gasteiger partial charge in [0.15, 0.2) is 0 Å². The fourth-order valence-electron chi connectivity index (χ4n) is 3.42. The van der Waals surface area contributed by atoms with Crippen LogP contribution in [-0.4, -0.2) is 4.98 Å². The number of fused-ring (bicyclic) bond motifs is 3. The Morgan fingerprint density at radius 3 is 2.63 bits per heavy atom. The van der Waals surface area contributed by atoms with Crippen molar-refractivity contribution < 1.29 is 8.50 Å². The minimum Gasteiger partial charge on any atom is -0.256 e. The molecule has 0 fully saturated rings. The van der Waals surface area contributed by atoms with Crippen LogP contribution in [0.3, 0.4) is 0 Å². The summed E-state index contributed by atoms with van der Waals surface area (Å²) >= 11 is 1.49. The zero-order valence-corrected chi connectivity index (χ0v) is 15.1. The van der Waals surface area contributed by atoms with E-state index in [1.54, 1.807) is 18.3 Å². The minimum absolute atomic E-state index is 0.267. The summed E-state index contributed by atoms with van der Waals surface area (Å²) in [5, 5.41) is 1.99. The van der Waals surface area contributed by atoms with Gasteiger partial charge in [-0.05, 0) is 36.2 Å². The molecule has 0 spiro atoms. The van der Waals surface area contributed by atoms with Crippen LogP contribution >= 0.6 is 11.3 Å². The molecule has 130 valence electrons. The van der Waals surface area contributed by atoms with Crippen molar-refractivity contribution in [2.45, 2.75) is 6.85 Å². The molecule has 3 heteroatoms. The first-order chi connectivity index (χ1) is 14.4. The van der Waals surface area contributed by atoms with E-state index in [0.29, 0.717) is 11.3 Å². The zero-order valence-electron chi connectivity index (χ0n) is 17.2. The van der Waals surface area contributed by atoms with Gasteiger partial charge in [0.25, 0.3) is 0 Å². The summed E-state index contributed by atoms with van der Waals surface area (Å²) in [6.45, 7) is -2.28. The number of rotatable bonds is 2. The SMILES string of the molecule is [2H]C([2H])([2H])c1cc(-c2cccc3c2sc2cc(F)ccc23)ncc1-c1ccccc1. The van der Waals surface area contributed by atoms with Crippen LogP contribution in [0.2, 0.25) is 0 Å². The minimum atomic E-state index is -2.28. The first-order valence-corrected chi connectivity index (χ1v) is 9.40. The lowest BCUT2D eigenvalue weighted by Gasteiger charge is -2.09. The van der Waals surface area contributed by atoms with Crippen LogP contribution in [-0.2, 0) is 0 Å². The van der Waals surface area contributed by atoms with E-state index in [4.69, 9.17) is 4.11 Å². The monoisotopic (exact) mass is 372 g/mol. The Labute approximate surface area is 165 Å². The summed E-state index contributed by atoms with van der Waals surface area (Å²) in [6, 6.07) is 21.7. The number of benzene rings is 3. The van der Waals surface area contributed by atoms with Crippen molar-refractivity contribution >= 4 is 31.5 Å². The molecule has 27 heavy (non-hydrogen) atoms. The maximum Gasteiger partial charge on any atom is 0.124 e. The standard InChI is InChI=1S/C24H16FNS/c1-15-12-22(26-14-21(15)16-6-3-2-4-7-16)20-9-5-8-19-18-11-10-17(25)13-23(18)27-24(19)20/h2-14H,1H3/i1D3. The molecule has 5 rings (SSSR count). The van der Waals surface area contributed by atoms with Crippen molar-refractivity contribution in [3.8, 4) is 22.4 Å². The summed E-state index contributed by atoms with van der Waals surface area (Å²) in [6.07, 6.45) is 1.64. The molecule has 0 amide bonds. The van der Waals surface area contributed by atoms with Gasteiger partial charge >= 0.3 is 0 Å². The number of thiophene rings is 1. The van der Waals surface area contributed by atoms with E-state index in [-0.39, 0.29) is 11.4 Å². The van der Waals surface area contributed by atoms with E-state index in [9.17, 15) is 4.39 Å². The number of pyridine rings is 1. The Morgan fingerprint density at radius 1 is 0.889 bits per heavy atom. The van der Waals surface area contributed by atoms with Gasteiger partial charge in [-0.2, -0.15) is 0 Å². The highest BCUT2D eigenvalue weighted by Gasteiger charge is 2.13. The highest BCUT2D eigenvalue weighted by molar-refractivity contribution is 7.26. The van der Waals surface area contributed by atoms with Crippen LogP contribution in [0.5, 0.6) is 0 Å². The molecule has 3 aromatic carbocycles. The van der Waals surface area contributed by atoms with Crippen LogP contribution in [0.4, 0.5) is 4.39 Å². The number of aryl methyl sites for hydroxylation is 1. The Morgan fingerprint density at radius 2 is 1.78 bits per heavy atom. The van der Waals surface area contributed by atoms with Gasteiger partial charge < -0.3 is 0 Å². The van der Waals surface area contributed by atoms with E-state index in [1.807, 2.05) is 48.5 Å². The zero-order chi connectivity index (χ0) is 20.9. The molecule has 0 bridgehead atoms. The van der Waals surface area contributed by atoms with Gasteiger partial charge in [0.1, 0.15) is 5.82 Å². The molecule has 0 radical (unpaired) electrons. The molecule has 0 N–H and O–H groups in total. The van der Waals surface area contributed by atoms with Gasteiger partial charge in [-0.3, -0.25) is 4.98 Å². The second kappa shape index (κ2) is 6.29. The molecule has 0 atom stereocenters. The second-order valence-corrected chi connectivity index (χ2v) is 7.46. The van der Waals surface area contributed by atoms with Crippen molar-refractivity contribution in [2.24, 2.45) is 0 Å². The lowest BCUT2D eigenvalue weighted by Crippen LogP contribution is -1.89. The number of hydrogen-bond acceptors (Lipinski definition) is 2. The molecule has 0 aliphatic carbocycles. The van der Waals surface area contributed by atoms with Crippen LogP contribution in [0.15, 0.2) is 79.0 Å². The van der Waals surface area contributed by atoms with Gasteiger partial charge in [0.05, 0.1) is 5.69 Å². The molecule has 0 aliphatic heterocycles. The first kappa shape index (κ1) is 13.2. The summed E-state index contributed by atoms with van der Waals surface area (Å²) in [5.41, 5.74) is 3.13. The topological polar surface area (TPSA) is 12.9 Å². The number of nitrogens with zero attached hydrogens (tertiary/aromatic N) is 1. The van der Waals surface area contributed by atoms with Crippen LogP contribution in [0.25, 0.3) is 42.6 Å².